The van der Waals surface area contributed by atoms with Gasteiger partial charge in [-0.25, -0.2) is 9.37 Å². The third-order valence-corrected chi connectivity index (χ3v) is 3.14. The van der Waals surface area contributed by atoms with Crippen molar-refractivity contribution >= 4 is 0 Å². The summed E-state index contributed by atoms with van der Waals surface area (Å²) in [6, 6.07) is 1.16. The minimum atomic E-state index is -4.59. The van der Waals surface area contributed by atoms with E-state index in [-0.39, 0.29) is 11.4 Å². The van der Waals surface area contributed by atoms with Crippen LogP contribution < -0.4 is 5.73 Å². The number of hydrogen-bond acceptors (Lipinski definition) is 2. The van der Waals surface area contributed by atoms with Crippen molar-refractivity contribution < 1.29 is 17.6 Å². The van der Waals surface area contributed by atoms with Crippen molar-refractivity contribution in [2.24, 2.45) is 5.73 Å². The van der Waals surface area contributed by atoms with E-state index in [1.165, 1.54) is 6.20 Å². The molecule has 2 N–H and O–H groups in total. The quantitative estimate of drug-likeness (QED) is 0.878. The molecule has 0 aliphatic rings. The second kappa shape index (κ2) is 5.85. The summed E-state index contributed by atoms with van der Waals surface area (Å²) in [6.45, 7) is 2.51. The van der Waals surface area contributed by atoms with Crippen molar-refractivity contribution in [2.45, 2.75) is 32.1 Å². The zero-order valence-electron chi connectivity index (χ0n) is 11.4. The molecule has 21 heavy (non-hydrogen) atoms. The van der Waals surface area contributed by atoms with E-state index in [0.29, 0.717) is 12.6 Å². The summed E-state index contributed by atoms with van der Waals surface area (Å²) in [4.78, 5) is 4.01. The van der Waals surface area contributed by atoms with Gasteiger partial charge in [0.25, 0.3) is 0 Å². The molecule has 0 fully saturated rings. The van der Waals surface area contributed by atoms with Crippen LogP contribution in [0.2, 0.25) is 0 Å². The molecule has 0 saturated heterocycles. The van der Waals surface area contributed by atoms with Gasteiger partial charge in [-0.05, 0) is 30.2 Å². The van der Waals surface area contributed by atoms with E-state index < -0.39 is 23.6 Å². The van der Waals surface area contributed by atoms with E-state index >= 15 is 0 Å². The van der Waals surface area contributed by atoms with Gasteiger partial charge in [-0.3, -0.25) is 0 Å². The summed E-state index contributed by atoms with van der Waals surface area (Å²) in [6.07, 6.45) is -0.698. The van der Waals surface area contributed by atoms with Crippen LogP contribution in [-0.2, 0) is 12.7 Å². The predicted octanol–water partition coefficient (Wildman–Crippen LogP) is 3.50. The lowest BCUT2D eigenvalue weighted by Crippen LogP contribution is -2.22. The van der Waals surface area contributed by atoms with Crippen LogP contribution in [0.3, 0.4) is 0 Å². The molecule has 0 bridgehead atoms. The molecule has 0 radical (unpaired) electrons. The van der Waals surface area contributed by atoms with E-state index in [1.54, 1.807) is 10.8 Å². The Morgan fingerprint density at radius 2 is 2.05 bits per heavy atom. The molecule has 7 heteroatoms. The zero-order valence-corrected chi connectivity index (χ0v) is 11.4. The highest BCUT2D eigenvalue weighted by Gasteiger charge is 2.35. The Balaban J connectivity index is 2.49. The predicted molar refractivity (Wildman–Crippen MR) is 70.0 cm³/mol. The van der Waals surface area contributed by atoms with E-state index in [2.05, 4.69) is 4.98 Å². The number of halogens is 4. The lowest BCUT2D eigenvalue weighted by atomic mass is 9.99. The van der Waals surface area contributed by atoms with Crippen molar-refractivity contribution in [3.8, 4) is 0 Å². The monoisotopic (exact) mass is 301 g/mol. The van der Waals surface area contributed by atoms with E-state index in [4.69, 9.17) is 5.73 Å². The van der Waals surface area contributed by atoms with Crippen molar-refractivity contribution in [1.29, 1.82) is 0 Å². The van der Waals surface area contributed by atoms with Crippen LogP contribution in [0.15, 0.2) is 30.6 Å². The number of aromatic nitrogens is 2. The number of alkyl halides is 3. The fourth-order valence-corrected chi connectivity index (χ4v) is 2.22. The maximum atomic E-state index is 13.3. The minimum Gasteiger partial charge on any atom is -0.333 e. The summed E-state index contributed by atoms with van der Waals surface area (Å²) in [5, 5.41) is 0. The van der Waals surface area contributed by atoms with Crippen LogP contribution in [0.25, 0.3) is 0 Å². The van der Waals surface area contributed by atoms with Gasteiger partial charge in [0.1, 0.15) is 11.6 Å². The fraction of sp³-hybridized carbons (Fsp3) is 0.357. The van der Waals surface area contributed by atoms with Gasteiger partial charge in [0, 0.05) is 18.9 Å². The van der Waals surface area contributed by atoms with Crippen LogP contribution in [0.4, 0.5) is 17.6 Å². The molecule has 1 heterocycles. The molecule has 2 aromatic rings. The molecule has 0 amide bonds. The summed E-state index contributed by atoms with van der Waals surface area (Å²) in [5.74, 6) is -0.477. The lowest BCUT2D eigenvalue weighted by Gasteiger charge is -2.19. The molecule has 1 aromatic carbocycles. The molecular formula is C14H15F4N3. The number of imidazole rings is 1. The van der Waals surface area contributed by atoms with Crippen LogP contribution in [0.5, 0.6) is 0 Å². The first kappa shape index (κ1) is 15.5. The Labute approximate surface area is 119 Å². The Hall–Kier alpha value is -1.89. The highest BCUT2D eigenvalue weighted by atomic mass is 19.4. The molecule has 114 valence electrons. The third-order valence-electron chi connectivity index (χ3n) is 3.14. The fourth-order valence-electron chi connectivity index (χ4n) is 2.22. The number of aryl methyl sites for hydroxylation is 1. The van der Waals surface area contributed by atoms with E-state index in [0.717, 1.165) is 18.6 Å². The molecule has 0 aliphatic carbocycles. The van der Waals surface area contributed by atoms with Crippen molar-refractivity contribution in [1.82, 2.24) is 9.55 Å². The second-order valence-electron chi connectivity index (χ2n) is 4.69. The Bertz CT molecular complexity index is 619. The van der Waals surface area contributed by atoms with Gasteiger partial charge in [-0.15, -0.1) is 0 Å². The summed E-state index contributed by atoms with van der Waals surface area (Å²) >= 11 is 0. The molecule has 3 nitrogen and oxygen atoms in total. The number of hydrogen-bond donors (Lipinski definition) is 1. The molecule has 0 aliphatic heterocycles. The molecule has 1 unspecified atom stereocenters. The second-order valence-corrected chi connectivity index (χ2v) is 4.69. The number of nitrogens with two attached hydrogens (primary N) is 1. The molecular weight excluding hydrogens is 286 g/mol. The molecule has 1 atom stereocenters. The lowest BCUT2D eigenvalue weighted by molar-refractivity contribution is -0.138. The van der Waals surface area contributed by atoms with Gasteiger partial charge in [-0.2, -0.15) is 13.2 Å². The average Bonchev–Trinajstić information content (AvgIpc) is 2.85. The van der Waals surface area contributed by atoms with Gasteiger partial charge in [-0.1, -0.05) is 6.92 Å². The van der Waals surface area contributed by atoms with Gasteiger partial charge < -0.3 is 10.3 Å². The smallest absolute Gasteiger partial charge is 0.333 e. The van der Waals surface area contributed by atoms with Crippen LogP contribution in [-0.4, -0.2) is 9.55 Å². The van der Waals surface area contributed by atoms with Gasteiger partial charge in [0.15, 0.2) is 0 Å². The topological polar surface area (TPSA) is 43.8 Å². The standard InChI is InChI=1S/C14H15F4N3/c1-2-6-21-7-5-20-13(21)12(19)10-8-9(15)3-4-11(10)14(16,17)18/h3-5,7-8,12H,2,6,19H2,1H3. The first-order valence-electron chi connectivity index (χ1n) is 6.47. The first-order chi connectivity index (χ1) is 9.84. The average molecular weight is 301 g/mol. The maximum Gasteiger partial charge on any atom is 0.416 e. The van der Waals surface area contributed by atoms with Crippen molar-refractivity contribution in [3.63, 3.8) is 0 Å². The zero-order chi connectivity index (χ0) is 15.6. The van der Waals surface area contributed by atoms with Gasteiger partial charge in [0.05, 0.1) is 11.6 Å². The SMILES string of the molecule is CCCn1ccnc1C(N)c1cc(F)ccc1C(F)(F)F. The molecule has 1 aromatic heterocycles. The maximum absolute atomic E-state index is 13.3. The molecule has 0 spiro atoms. The van der Waals surface area contributed by atoms with Crippen molar-refractivity contribution in [3.05, 3.63) is 53.4 Å². The van der Waals surface area contributed by atoms with Crippen LogP contribution in [0.1, 0.15) is 36.3 Å². The largest absolute Gasteiger partial charge is 0.416 e. The highest BCUT2D eigenvalue weighted by Crippen LogP contribution is 2.35. The summed E-state index contributed by atoms with van der Waals surface area (Å²) in [5.41, 5.74) is 4.65. The Morgan fingerprint density at radius 1 is 1.33 bits per heavy atom. The van der Waals surface area contributed by atoms with Crippen LogP contribution in [0, 0.1) is 5.82 Å². The molecule has 2 rings (SSSR count). The Kier molecular flexibility index (Phi) is 4.32. The number of nitrogens with zero attached hydrogens (tertiary/aromatic N) is 2. The number of benzene rings is 1. The summed E-state index contributed by atoms with van der Waals surface area (Å²) in [7, 11) is 0. The Morgan fingerprint density at radius 3 is 2.67 bits per heavy atom. The normalized spacial score (nSPS) is 13.4. The minimum absolute atomic E-state index is 0.285. The van der Waals surface area contributed by atoms with Gasteiger partial charge >= 0.3 is 6.18 Å². The highest BCUT2D eigenvalue weighted by molar-refractivity contribution is 5.36. The van der Waals surface area contributed by atoms with E-state index in [1.807, 2.05) is 6.92 Å². The van der Waals surface area contributed by atoms with Crippen molar-refractivity contribution in [2.75, 3.05) is 0 Å². The third kappa shape index (κ3) is 3.24. The number of rotatable bonds is 4. The summed E-state index contributed by atoms with van der Waals surface area (Å²) < 4.78 is 54.1. The van der Waals surface area contributed by atoms with Gasteiger partial charge in [0.2, 0.25) is 0 Å². The first-order valence-corrected chi connectivity index (χ1v) is 6.47. The molecule has 0 saturated carbocycles. The van der Waals surface area contributed by atoms with E-state index in [9.17, 15) is 17.6 Å². The van der Waals surface area contributed by atoms with Crippen LogP contribution >= 0.6 is 0 Å².